The maximum absolute atomic E-state index is 13.6. The summed E-state index contributed by atoms with van der Waals surface area (Å²) in [6.07, 6.45) is 0. The van der Waals surface area contributed by atoms with Gasteiger partial charge >= 0.3 is 5.97 Å². The molecule has 0 amide bonds. The van der Waals surface area contributed by atoms with Gasteiger partial charge in [0.05, 0.1) is 0 Å². The van der Waals surface area contributed by atoms with Gasteiger partial charge in [0.2, 0.25) is 0 Å². The first-order chi connectivity index (χ1) is 6.61. The molecular formula is C9H4FIO2S. The molecule has 0 radical (unpaired) electrons. The number of carbonyl (C=O) groups is 1. The first-order valence-corrected chi connectivity index (χ1v) is 5.60. The highest BCUT2D eigenvalue weighted by Gasteiger charge is 2.18. The molecule has 0 aliphatic heterocycles. The van der Waals surface area contributed by atoms with Crippen molar-refractivity contribution in [1.82, 2.24) is 0 Å². The first-order valence-electron chi connectivity index (χ1n) is 3.71. The summed E-state index contributed by atoms with van der Waals surface area (Å²) in [5.41, 5.74) is 0. The van der Waals surface area contributed by atoms with E-state index >= 15 is 0 Å². The second-order valence-electron chi connectivity index (χ2n) is 2.66. The molecule has 0 atom stereocenters. The van der Waals surface area contributed by atoms with Gasteiger partial charge in [-0.25, -0.2) is 9.18 Å². The molecule has 0 saturated heterocycles. The van der Waals surface area contributed by atoms with Gasteiger partial charge in [0.1, 0.15) is 4.88 Å². The van der Waals surface area contributed by atoms with Crippen molar-refractivity contribution in [3.8, 4) is 0 Å². The normalized spacial score (nSPS) is 10.7. The van der Waals surface area contributed by atoms with E-state index in [9.17, 15) is 9.18 Å². The summed E-state index contributed by atoms with van der Waals surface area (Å²) in [5.74, 6) is -1.83. The number of hydrogen-bond acceptors (Lipinski definition) is 2. The van der Waals surface area contributed by atoms with Gasteiger partial charge in [-0.3, -0.25) is 0 Å². The van der Waals surface area contributed by atoms with Gasteiger partial charge < -0.3 is 5.11 Å². The van der Waals surface area contributed by atoms with E-state index in [1.54, 1.807) is 18.2 Å². The molecule has 2 rings (SSSR count). The van der Waals surface area contributed by atoms with Crippen LogP contribution in [0, 0.1) is 9.39 Å². The number of carboxylic acids is 1. The summed E-state index contributed by atoms with van der Waals surface area (Å²) < 4.78 is 15.0. The molecule has 1 aromatic carbocycles. The van der Waals surface area contributed by atoms with Crippen LogP contribution in [0.15, 0.2) is 18.2 Å². The standard InChI is InChI=1S/C9H4FIO2S/c10-7-6-4(11)2-1-3-5(6)14-8(7)9(12)13/h1-3H,(H,12,13). The number of benzene rings is 1. The fourth-order valence-corrected chi connectivity index (χ4v) is 3.07. The Morgan fingerprint density at radius 2 is 2.21 bits per heavy atom. The number of hydrogen-bond donors (Lipinski definition) is 1. The van der Waals surface area contributed by atoms with Crippen molar-refractivity contribution in [2.45, 2.75) is 0 Å². The summed E-state index contributed by atoms with van der Waals surface area (Å²) >= 11 is 2.96. The van der Waals surface area contributed by atoms with Crippen LogP contribution >= 0.6 is 33.9 Å². The Balaban J connectivity index is 2.87. The molecule has 0 aliphatic carbocycles. The number of aromatic carboxylic acids is 1. The van der Waals surface area contributed by atoms with E-state index in [1.807, 2.05) is 22.6 Å². The van der Waals surface area contributed by atoms with E-state index in [1.165, 1.54) is 0 Å². The van der Waals surface area contributed by atoms with Crippen LogP contribution in [0.25, 0.3) is 10.1 Å². The zero-order chi connectivity index (χ0) is 10.3. The van der Waals surface area contributed by atoms with E-state index in [4.69, 9.17) is 5.11 Å². The lowest BCUT2D eigenvalue weighted by atomic mass is 10.2. The smallest absolute Gasteiger partial charge is 0.348 e. The maximum atomic E-state index is 13.6. The topological polar surface area (TPSA) is 37.3 Å². The first kappa shape index (κ1) is 9.85. The highest BCUT2D eigenvalue weighted by atomic mass is 127. The van der Waals surface area contributed by atoms with Crippen LogP contribution in [0.2, 0.25) is 0 Å². The lowest BCUT2D eigenvalue weighted by Crippen LogP contribution is -1.94. The number of fused-ring (bicyclic) bond motifs is 1. The number of carboxylic acid groups (broad SMARTS) is 1. The second kappa shape index (κ2) is 3.47. The second-order valence-corrected chi connectivity index (χ2v) is 4.88. The average molecular weight is 322 g/mol. The predicted molar refractivity (Wildman–Crippen MR) is 61.5 cm³/mol. The predicted octanol–water partition coefficient (Wildman–Crippen LogP) is 3.34. The lowest BCUT2D eigenvalue weighted by molar-refractivity contribution is 0.0698. The van der Waals surface area contributed by atoms with Gasteiger partial charge in [0.15, 0.2) is 5.82 Å². The molecule has 1 heterocycles. The highest BCUT2D eigenvalue weighted by molar-refractivity contribution is 14.1. The Bertz CT molecular complexity index is 521. The van der Waals surface area contributed by atoms with Gasteiger partial charge in [0.25, 0.3) is 0 Å². The van der Waals surface area contributed by atoms with Gasteiger partial charge in [-0.05, 0) is 34.7 Å². The van der Waals surface area contributed by atoms with Gasteiger partial charge in [-0.1, -0.05) is 6.07 Å². The van der Waals surface area contributed by atoms with Crippen molar-refractivity contribution in [2.75, 3.05) is 0 Å². The Morgan fingerprint density at radius 1 is 1.50 bits per heavy atom. The summed E-state index contributed by atoms with van der Waals surface area (Å²) in [7, 11) is 0. The highest BCUT2D eigenvalue weighted by Crippen LogP contribution is 2.32. The molecule has 72 valence electrons. The van der Waals surface area contributed by atoms with Crippen molar-refractivity contribution in [3.63, 3.8) is 0 Å². The van der Waals surface area contributed by atoms with Crippen LogP contribution < -0.4 is 0 Å². The number of rotatable bonds is 1. The van der Waals surface area contributed by atoms with Crippen molar-refractivity contribution in [2.24, 2.45) is 0 Å². The molecule has 14 heavy (non-hydrogen) atoms. The molecule has 0 unspecified atom stereocenters. The molecule has 2 aromatic rings. The van der Waals surface area contributed by atoms with Crippen LogP contribution in [0.3, 0.4) is 0 Å². The Kier molecular flexibility index (Phi) is 2.44. The average Bonchev–Trinajstić information content (AvgIpc) is 2.45. The molecule has 0 fully saturated rings. The third-order valence-electron chi connectivity index (χ3n) is 1.80. The molecule has 0 bridgehead atoms. The van der Waals surface area contributed by atoms with E-state index in [0.29, 0.717) is 10.1 Å². The number of halogens is 2. The van der Waals surface area contributed by atoms with Gasteiger partial charge in [-0.2, -0.15) is 0 Å². The fourth-order valence-electron chi connectivity index (χ4n) is 1.21. The zero-order valence-corrected chi connectivity index (χ0v) is 9.73. The van der Waals surface area contributed by atoms with Crippen molar-refractivity contribution in [1.29, 1.82) is 0 Å². The minimum absolute atomic E-state index is 0.218. The monoisotopic (exact) mass is 322 g/mol. The van der Waals surface area contributed by atoms with Crippen LogP contribution in [0.4, 0.5) is 4.39 Å². The van der Waals surface area contributed by atoms with E-state index in [0.717, 1.165) is 14.9 Å². The molecule has 5 heteroatoms. The molecule has 2 nitrogen and oxygen atoms in total. The van der Waals surface area contributed by atoms with E-state index < -0.39 is 11.8 Å². The van der Waals surface area contributed by atoms with Crippen LogP contribution in [0.5, 0.6) is 0 Å². The molecule has 0 saturated carbocycles. The minimum atomic E-state index is -1.21. The SMILES string of the molecule is O=C(O)c1sc2cccc(I)c2c1F. The third kappa shape index (κ3) is 1.40. The largest absolute Gasteiger partial charge is 0.477 e. The fraction of sp³-hybridized carbons (Fsp3) is 0. The van der Waals surface area contributed by atoms with Gasteiger partial charge in [-0.15, -0.1) is 11.3 Å². The molecular weight excluding hydrogens is 318 g/mol. The maximum Gasteiger partial charge on any atom is 0.348 e. The lowest BCUT2D eigenvalue weighted by Gasteiger charge is -1.92. The minimum Gasteiger partial charge on any atom is -0.477 e. The summed E-state index contributed by atoms with van der Waals surface area (Å²) in [6, 6.07) is 5.26. The Morgan fingerprint density at radius 3 is 2.79 bits per heavy atom. The molecule has 0 aliphatic rings. The molecule has 1 N–H and O–H groups in total. The molecule has 0 spiro atoms. The van der Waals surface area contributed by atoms with E-state index in [2.05, 4.69) is 0 Å². The third-order valence-corrected chi connectivity index (χ3v) is 3.82. The van der Waals surface area contributed by atoms with Crippen LogP contribution in [-0.4, -0.2) is 11.1 Å². The quantitative estimate of drug-likeness (QED) is 0.818. The molecule has 1 aromatic heterocycles. The van der Waals surface area contributed by atoms with Crippen LogP contribution in [0.1, 0.15) is 9.67 Å². The van der Waals surface area contributed by atoms with Crippen LogP contribution in [-0.2, 0) is 0 Å². The summed E-state index contributed by atoms with van der Waals surface area (Å²) in [5, 5.41) is 9.14. The number of thiophene rings is 1. The van der Waals surface area contributed by atoms with Crippen molar-refractivity contribution in [3.05, 3.63) is 32.5 Å². The van der Waals surface area contributed by atoms with Gasteiger partial charge in [0, 0.05) is 13.7 Å². The van der Waals surface area contributed by atoms with Crippen molar-refractivity contribution < 1.29 is 14.3 Å². The summed E-state index contributed by atoms with van der Waals surface area (Å²) in [4.78, 5) is 10.5. The Hall–Kier alpha value is -0.690. The zero-order valence-electron chi connectivity index (χ0n) is 6.75. The Labute approximate surface area is 96.5 Å². The van der Waals surface area contributed by atoms with Crippen molar-refractivity contribution >= 4 is 50.0 Å². The van der Waals surface area contributed by atoms with E-state index in [-0.39, 0.29) is 4.88 Å². The summed E-state index contributed by atoms with van der Waals surface area (Å²) in [6.45, 7) is 0.